The predicted molar refractivity (Wildman–Crippen MR) is 66.7 cm³/mol. The maximum Gasteiger partial charge on any atom is 0.154 e. The third kappa shape index (κ3) is 3.03. The summed E-state index contributed by atoms with van der Waals surface area (Å²) >= 11 is 0. The van der Waals surface area contributed by atoms with Gasteiger partial charge in [0, 0.05) is 12.5 Å². The quantitative estimate of drug-likeness (QED) is 0.844. The monoisotopic (exact) mass is 237 g/mol. The lowest BCUT2D eigenvalue weighted by atomic mass is 9.97. The van der Waals surface area contributed by atoms with Gasteiger partial charge in [0.15, 0.2) is 5.82 Å². The number of tetrazole rings is 1. The Labute approximate surface area is 103 Å². The highest BCUT2D eigenvalue weighted by Crippen LogP contribution is 2.22. The standard InChI is InChI=1S/C12H23N5/c1-3-11(4-2)12-14-15-16-17(12)9-10-5-7-13-8-6-10/h10-11,13H,3-9H2,1-2H3. The fourth-order valence-corrected chi connectivity index (χ4v) is 2.60. The molecule has 5 nitrogen and oxygen atoms in total. The summed E-state index contributed by atoms with van der Waals surface area (Å²) in [4.78, 5) is 0. The average Bonchev–Trinajstić information content (AvgIpc) is 2.81. The van der Waals surface area contributed by atoms with Gasteiger partial charge in [-0.3, -0.25) is 0 Å². The van der Waals surface area contributed by atoms with Crippen LogP contribution >= 0.6 is 0 Å². The molecule has 96 valence electrons. The van der Waals surface area contributed by atoms with Crippen molar-refractivity contribution in [2.45, 2.75) is 52.0 Å². The number of hydrogen-bond acceptors (Lipinski definition) is 4. The largest absolute Gasteiger partial charge is 0.317 e. The normalized spacial score (nSPS) is 17.8. The summed E-state index contributed by atoms with van der Waals surface area (Å²) < 4.78 is 2.04. The zero-order valence-corrected chi connectivity index (χ0v) is 10.9. The van der Waals surface area contributed by atoms with Gasteiger partial charge in [-0.25, -0.2) is 4.68 Å². The lowest BCUT2D eigenvalue weighted by Gasteiger charge is -2.23. The Bertz CT molecular complexity index is 325. The molecule has 0 aromatic carbocycles. The van der Waals surface area contributed by atoms with Crippen LogP contribution < -0.4 is 5.32 Å². The molecule has 0 radical (unpaired) electrons. The van der Waals surface area contributed by atoms with E-state index in [1.807, 2.05) is 4.68 Å². The number of nitrogens with zero attached hydrogens (tertiary/aromatic N) is 4. The molecule has 17 heavy (non-hydrogen) atoms. The summed E-state index contributed by atoms with van der Waals surface area (Å²) in [5.74, 6) is 2.31. The van der Waals surface area contributed by atoms with Gasteiger partial charge in [-0.2, -0.15) is 0 Å². The third-order valence-corrected chi connectivity index (χ3v) is 3.80. The number of rotatable bonds is 5. The Kier molecular flexibility index (Phi) is 4.48. The second-order valence-electron chi connectivity index (χ2n) is 4.93. The van der Waals surface area contributed by atoms with E-state index in [0.29, 0.717) is 5.92 Å². The van der Waals surface area contributed by atoms with Crippen molar-refractivity contribution >= 4 is 0 Å². The highest BCUT2D eigenvalue weighted by molar-refractivity contribution is 4.92. The molecule has 0 bridgehead atoms. The van der Waals surface area contributed by atoms with Gasteiger partial charge in [0.25, 0.3) is 0 Å². The first kappa shape index (κ1) is 12.5. The second-order valence-corrected chi connectivity index (χ2v) is 4.93. The summed E-state index contributed by atoms with van der Waals surface area (Å²) in [6.45, 7) is 7.66. The maximum atomic E-state index is 4.21. The Morgan fingerprint density at radius 3 is 2.65 bits per heavy atom. The van der Waals surface area contributed by atoms with Crippen molar-refractivity contribution in [3.05, 3.63) is 5.82 Å². The summed E-state index contributed by atoms with van der Waals surface area (Å²) in [5, 5.41) is 15.6. The molecule has 0 spiro atoms. The zero-order chi connectivity index (χ0) is 12.1. The van der Waals surface area contributed by atoms with Crippen LogP contribution in [0.2, 0.25) is 0 Å². The van der Waals surface area contributed by atoms with Crippen molar-refractivity contribution in [1.82, 2.24) is 25.5 Å². The summed E-state index contributed by atoms with van der Waals surface area (Å²) in [5.41, 5.74) is 0. The number of nitrogens with one attached hydrogen (secondary N) is 1. The topological polar surface area (TPSA) is 55.6 Å². The zero-order valence-electron chi connectivity index (χ0n) is 10.9. The van der Waals surface area contributed by atoms with E-state index in [0.717, 1.165) is 44.2 Å². The first-order valence-corrected chi connectivity index (χ1v) is 6.81. The van der Waals surface area contributed by atoms with E-state index in [9.17, 15) is 0 Å². The molecule has 2 rings (SSSR count). The molecule has 5 heteroatoms. The first-order valence-electron chi connectivity index (χ1n) is 6.81. The van der Waals surface area contributed by atoms with Crippen molar-refractivity contribution in [2.24, 2.45) is 5.92 Å². The van der Waals surface area contributed by atoms with Crippen LogP contribution in [0.5, 0.6) is 0 Å². The molecule has 1 aliphatic heterocycles. The van der Waals surface area contributed by atoms with Gasteiger partial charge in [0.05, 0.1) is 0 Å². The molecule has 1 aliphatic rings. The minimum atomic E-state index is 0.506. The van der Waals surface area contributed by atoms with E-state index < -0.39 is 0 Å². The van der Waals surface area contributed by atoms with Crippen molar-refractivity contribution in [1.29, 1.82) is 0 Å². The molecule has 1 saturated heterocycles. The first-order chi connectivity index (χ1) is 8.35. The van der Waals surface area contributed by atoms with Crippen LogP contribution in [-0.2, 0) is 6.54 Å². The number of aromatic nitrogens is 4. The van der Waals surface area contributed by atoms with Crippen molar-refractivity contribution in [3.8, 4) is 0 Å². The van der Waals surface area contributed by atoms with E-state index in [1.165, 1.54) is 12.8 Å². The van der Waals surface area contributed by atoms with Gasteiger partial charge in [-0.15, -0.1) is 5.10 Å². The van der Waals surface area contributed by atoms with Gasteiger partial charge >= 0.3 is 0 Å². The minimum absolute atomic E-state index is 0.506. The summed E-state index contributed by atoms with van der Waals surface area (Å²) in [6, 6.07) is 0. The van der Waals surface area contributed by atoms with E-state index in [2.05, 4.69) is 34.7 Å². The van der Waals surface area contributed by atoms with Crippen molar-refractivity contribution in [2.75, 3.05) is 13.1 Å². The number of hydrogen-bond donors (Lipinski definition) is 1. The fourth-order valence-electron chi connectivity index (χ4n) is 2.60. The van der Waals surface area contributed by atoms with Crippen LogP contribution in [0.1, 0.15) is 51.3 Å². The molecule has 1 fully saturated rings. The molecule has 0 amide bonds. The van der Waals surface area contributed by atoms with Crippen LogP contribution in [0.4, 0.5) is 0 Å². The summed E-state index contributed by atoms with van der Waals surface area (Å²) in [6.07, 6.45) is 4.70. The third-order valence-electron chi connectivity index (χ3n) is 3.80. The van der Waals surface area contributed by atoms with Gasteiger partial charge in [0.1, 0.15) is 0 Å². The Balaban J connectivity index is 2.02. The molecule has 1 aromatic heterocycles. The van der Waals surface area contributed by atoms with Crippen LogP contribution in [-0.4, -0.2) is 33.3 Å². The van der Waals surface area contributed by atoms with E-state index in [1.54, 1.807) is 0 Å². The van der Waals surface area contributed by atoms with Crippen molar-refractivity contribution < 1.29 is 0 Å². The SMILES string of the molecule is CCC(CC)c1nnnn1CC1CCNCC1. The van der Waals surface area contributed by atoms with Crippen molar-refractivity contribution in [3.63, 3.8) is 0 Å². The van der Waals surface area contributed by atoms with Gasteiger partial charge in [-0.05, 0) is 55.1 Å². The van der Waals surface area contributed by atoms with E-state index >= 15 is 0 Å². The van der Waals surface area contributed by atoms with Gasteiger partial charge in [0.2, 0.25) is 0 Å². The Morgan fingerprint density at radius 1 is 1.29 bits per heavy atom. The molecule has 2 heterocycles. The Morgan fingerprint density at radius 2 is 2.00 bits per heavy atom. The molecule has 0 saturated carbocycles. The molecule has 0 atom stereocenters. The van der Waals surface area contributed by atoms with Gasteiger partial charge in [-0.1, -0.05) is 13.8 Å². The maximum absolute atomic E-state index is 4.21. The molecular formula is C12H23N5. The molecule has 0 aliphatic carbocycles. The molecule has 1 aromatic rings. The van der Waals surface area contributed by atoms with E-state index in [-0.39, 0.29) is 0 Å². The van der Waals surface area contributed by atoms with Crippen LogP contribution in [0.3, 0.4) is 0 Å². The second kappa shape index (κ2) is 6.10. The highest BCUT2D eigenvalue weighted by atomic mass is 15.5. The summed E-state index contributed by atoms with van der Waals surface area (Å²) in [7, 11) is 0. The predicted octanol–water partition coefficient (Wildman–Crippen LogP) is 1.58. The lowest BCUT2D eigenvalue weighted by molar-refractivity contribution is 0.310. The highest BCUT2D eigenvalue weighted by Gasteiger charge is 2.19. The molecular weight excluding hydrogens is 214 g/mol. The molecule has 1 N–H and O–H groups in total. The smallest absolute Gasteiger partial charge is 0.154 e. The van der Waals surface area contributed by atoms with Crippen LogP contribution in [0.15, 0.2) is 0 Å². The minimum Gasteiger partial charge on any atom is -0.317 e. The lowest BCUT2D eigenvalue weighted by Crippen LogP contribution is -2.30. The average molecular weight is 237 g/mol. The van der Waals surface area contributed by atoms with Crippen LogP contribution in [0, 0.1) is 5.92 Å². The number of piperidine rings is 1. The fraction of sp³-hybridized carbons (Fsp3) is 0.917. The van der Waals surface area contributed by atoms with E-state index in [4.69, 9.17) is 0 Å². The Hall–Kier alpha value is -0.970. The van der Waals surface area contributed by atoms with Crippen LogP contribution in [0.25, 0.3) is 0 Å². The van der Waals surface area contributed by atoms with Gasteiger partial charge < -0.3 is 5.32 Å². The molecule has 0 unspecified atom stereocenters.